The van der Waals surface area contributed by atoms with Gasteiger partial charge in [-0.05, 0) is 44.7 Å². The molecule has 106 valence electrons. The van der Waals surface area contributed by atoms with Crippen LogP contribution >= 0.6 is 0 Å². The Hall–Kier alpha value is -0.650. The Balaban J connectivity index is 2.31. The molecule has 1 atom stereocenters. The Bertz CT molecular complexity index is 240. The summed E-state index contributed by atoms with van der Waals surface area (Å²) in [5.41, 5.74) is -0.859. The summed E-state index contributed by atoms with van der Waals surface area (Å²) in [6, 6.07) is 0. The van der Waals surface area contributed by atoms with Crippen LogP contribution in [-0.4, -0.2) is 48.0 Å². The number of nitrogens with one attached hydrogen (secondary N) is 2. The van der Waals surface area contributed by atoms with E-state index in [-0.39, 0.29) is 19.1 Å². The van der Waals surface area contributed by atoms with Gasteiger partial charge in [-0.15, -0.1) is 0 Å². The number of aliphatic hydroxyl groups excluding tert-OH is 2. The van der Waals surface area contributed by atoms with E-state index < -0.39 is 5.54 Å². The molecule has 0 saturated carbocycles. The maximum Gasteiger partial charge on any atom is 0.220 e. The van der Waals surface area contributed by atoms with Gasteiger partial charge in [0, 0.05) is 6.42 Å². The van der Waals surface area contributed by atoms with Crippen molar-refractivity contribution in [3.8, 4) is 0 Å². The van der Waals surface area contributed by atoms with E-state index in [1.165, 1.54) is 12.8 Å². The van der Waals surface area contributed by atoms with Gasteiger partial charge in [-0.1, -0.05) is 6.92 Å². The Morgan fingerprint density at radius 3 is 2.67 bits per heavy atom. The number of carbonyl (C=O) groups is 1. The summed E-state index contributed by atoms with van der Waals surface area (Å²) in [6.45, 7) is 3.47. The molecule has 18 heavy (non-hydrogen) atoms. The topological polar surface area (TPSA) is 81.6 Å². The van der Waals surface area contributed by atoms with E-state index in [4.69, 9.17) is 0 Å². The first-order chi connectivity index (χ1) is 8.65. The summed E-state index contributed by atoms with van der Waals surface area (Å²) in [7, 11) is 0. The molecule has 1 aliphatic heterocycles. The van der Waals surface area contributed by atoms with Crippen LogP contribution in [0.1, 0.15) is 39.0 Å². The van der Waals surface area contributed by atoms with Crippen LogP contribution in [0.3, 0.4) is 0 Å². The maximum atomic E-state index is 11.8. The van der Waals surface area contributed by atoms with Crippen molar-refractivity contribution >= 4 is 5.91 Å². The second kappa shape index (κ2) is 7.71. The third-order valence-electron chi connectivity index (χ3n) is 3.87. The fourth-order valence-corrected chi connectivity index (χ4v) is 2.30. The smallest absolute Gasteiger partial charge is 0.220 e. The number of amides is 1. The third kappa shape index (κ3) is 4.55. The van der Waals surface area contributed by atoms with E-state index >= 15 is 0 Å². The lowest BCUT2D eigenvalue weighted by molar-refractivity contribution is -0.124. The molecule has 1 heterocycles. The van der Waals surface area contributed by atoms with Gasteiger partial charge in [-0.25, -0.2) is 0 Å². The summed E-state index contributed by atoms with van der Waals surface area (Å²) >= 11 is 0. The molecule has 0 aromatic carbocycles. The van der Waals surface area contributed by atoms with Crippen LogP contribution < -0.4 is 10.6 Å². The molecule has 0 aliphatic carbocycles. The standard InChI is InChI=1S/C13H26N2O3/c1-2-13(9-16,10-17)15-12(18)6-5-11-4-3-7-14-8-11/h11,14,16-17H,2-10H2,1H3,(H,15,18). The third-order valence-corrected chi connectivity index (χ3v) is 3.87. The largest absolute Gasteiger partial charge is 0.394 e. The fourth-order valence-electron chi connectivity index (χ4n) is 2.30. The summed E-state index contributed by atoms with van der Waals surface area (Å²) in [5, 5.41) is 24.6. The Morgan fingerprint density at radius 1 is 1.44 bits per heavy atom. The van der Waals surface area contributed by atoms with Crippen molar-refractivity contribution in [2.24, 2.45) is 5.92 Å². The van der Waals surface area contributed by atoms with Gasteiger partial charge in [0.05, 0.1) is 18.8 Å². The molecule has 1 amide bonds. The number of carbonyl (C=O) groups excluding carboxylic acids is 1. The highest BCUT2D eigenvalue weighted by Crippen LogP contribution is 2.16. The van der Waals surface area contributed by atoms with E-state index in [2.05, 4.69) is 10.6 Å². The lowest BCUT2D eigenvalue weighted by Gasteiger charge is -2.30. The van der Waals surface area contributed by atoms with Gasteiger partial charge >= 0.3 is 0 Å². The van der Waals surface area contributed by atoms with Gasteiger partial charge < -0.3 is 20.8 Å². The van der Waals surface area contributed by atoms with Crippen molar-refractivity contribution in [3.63, 3.8) is 0 Å². The van der Waals surface area contributed by atoms with Crippen molar-refractivity contribution in [2.75, 3.05) is 26.3 Å². The molecule has 0 radical (unpaired) electrons. The predicted octanol–water partition coefficient (Wildman–Crippen LogP) is 0.0158. The van der Waals surface area contributed by atoms with Gasteiger partial charge in [0.2, 0.25) is 5.91 Å². The zero-order valence-corrected chi connectivity index (χ0v) is 11.2. The molecule has 5 nitrogen and oxygen atoms in total. The quantitative estimate of drug-likeness (QED) is 0.519. The molecule has 0 spiro atoms. The highest BCUT2D eigenvalue weighted by atomic mass is 16.3. The molecule has 1 rings (SSSR count). The van der Waals surface area contributed by atoms with Crippen molar-refractivity contribution in [1.82, 2.24) is 10.6 Å². The molecule has 0 aromatic heterocycles. The molecule has 1 saturated heterocycles. The number of hydrogen-bond donors (Lipinski definition) is 4. The van der Waals surface area contributed by atoms with Crippen LogP contribution in [-0.2, 0) is 4.79 Å². The maximum absolute atomic E-state index is 11.8. The van der Waals surface area contributed by atoms with E-state index in [0.29, 0.717) is 18.8 Å². The monoisotopic (exact) mass is 258 g/mol. The molecule has 4 N–H and O–H groups in total. The number of hydrogen-bond acceptors (Lipinski definition) is 4. The van der Waals surface area contributed by atoms with Crippen molar-refractivity contribution in [3.05, 3.63) is 0 Å². The molecule has 1 fully saturated rings. The summed E-state index contributed by atoms with van der Waals surface area (Å²) in [6.07, 6.45) is 4.22. The van der Waals surface area contributed by atoms with Crippen LogP contribution in [0.15, 0.2) is 0 Å². The summed E-state index contributed by atoms with van der Waals surface area (Å²) in [5.74, 6) is 0.495. The van der Waals surface area contributed by atoms with Crippen LogP contribution in [0, 0.1) is 5.92 Å². The Labute approximate surface area is 109 Å². The first-order valence-electron chi connectivity index (χ1n) is 6.89. The Morgan fingerprint density at radius 2 is 2.17 bits per heavy atom. The minimum Gasteiger partial charge on any atom is -0.394 e. The molecule has 1 aliphatic rings. The molecular formula is C13H26N2O3. The highest BCUT2D eigenvalue weighted by Gasteiger charge is 2.28. The molecule has 0 bridgehead atoms. The SMILES string of the molecule is CCC(CO)(CO)NC(=O)CCC1CCCNC1. The molecule has 5 heteroatoms. The van der Waals surface area contributed by atoms with Crippen molar-refractivity contribution < 1.29 is 15.0 Å². The van der Waals surface area contributed by atoms with Crippen LogP contribution in [0.2, 0.25) is 0 Å². The summed E-state index contributed by atoms with van der Waals surface area (Å²) < 4.78 is 0. The van der Waals surface area contributed by atoms with E-state index in [9.17, 15) is 15.0 Å². The van der Waals surface area contributed by atoms with Crippen molar-refractivity contribution in [1.29, 1.82) is 0 Å². The van der Waals surface area contributed by atoms with Crippen molar-refractivity contribution in [2.45, 2.75) is 44.6 Å². The molecule has 0 aromatic rings. The predicted molar refractivity (Wildman–Crippen MR) is 70.2 cm³/mol. The summed E-state index contributed by atoms with van der Waals surface area (Å²) in [4.78, 5) is 11.8. The molecule has 1 unspecified atom stereocenters. The number of aliphatic hydroxyl groups is 2. The number of rotatable bonds is 7. The van der Waals surface area contributed by atoms with Gasteiger partial charge in [-0.3, -0.25) is 4.79 Å². The van der Waals surface area contributed by atoms with E-state index in [0.717, 1.165) is 19.5 Å². The minimum atomic E-state index is -0.859. The average molecular weight is 258 g/mol. The van der Waals surface area contributed by atoms with Crippen LogP contribution in [0.5, 0.6) is 0 Å². The van der Waals surface area contributed by atoms with Crippen LogP contribution in [0.25, 0.3) is 0 Å². The minimum absolute atomic E-state index is 0.0782. The van der Waals surface area contributed by atoms with E-state index in [1.807, 2.05) is 6.92 Å². The van der Waals surface area contributed by atoms with Gasteiger partial charge in [0.1, 0.15) is 0 Å². The highest BCUT2D eigenvalue weighted by molar-refractivity contribution is 5.76. The second-order valence-corrected chi connectivity index (χ2v) is 5.25. The fraction of sp³-hybridized carbons (Fsp3) is 0.923. The Kier molecular flexibility index (Phi) is 6.60. The zero-order valence-electron chi connectivity index (χ0n) is 11.2. The first kappa shape index (κ1) is 15.4. The normalized spacial score (nSPS) is 20.7. The average Bonchev–Trinajstić information content (AvgIpc) is 2.44. The zero-order chi connectivity index (χ0) is 13.4. The van der Waals surface area contributed by atoms with Gasteiger partial charge in [-0.2, -0.15) is 0 Å². The van der Waals surface area contributed by atoms with Gasteiger partial charge in [0.25, 0.3) is 0 Å². The lowest BCUT2D eigenvalue weighted by Crippen LogP contribution is -2.53. The lowest BCUT2D eigenvalue weighted by atomic mass is 9.93. The number of piperidine rings is 1. The van der Waals surface area contributed by atoms with Crippen LogP contribution in [0.4, 0.5) is 0 Å². The second-order valence-electron chi connectivity index (χ2n) is 5.25. The van der Waals surface area contributed by atoms with Gasteiger partial charge in [0.15, 0.2) is 0 Å². The van der Waals surface area contributed by atoms with E-state index in [1.54, 1.807) is 0 Å². The first-order valence-corrected chi connectivity index (χ1v) is 6.89. The molecular weight excluding hydrogens is 232 g/mol.